The number of thiazole rings is 1. The molecule has 0 atom stereocenters. The monoisotopic (exact) mass is 237 g/mol. The molecule has 0 saturated carbocycles. The fourth-order valence-corrected chi connectivity index (χ4v) is 2.15. The summed E-state index contributed by atoms with van der Waals surface area (Å²) in [4.78, 5) is 9.48. The molecule has 0 fully saturated rings. The number of hydrogen-bond donors (Lipinski definition) is 1. The quantitative estimate of drug-likeness (QED) is 0.888. The molecule has 5 heteroatoms. The van der Waals surface area contributed by atoms with Crippen LogP contribution in [0.4, 0.5) is 0 Å². The normalized spacial score (nSPS) is 11.2. The Kier molecular flexibility index (Phi) is 3.36. The third-order valence-corrected chi connectivity index (χ3v) is 3.08. The summed E-state index contributed by atoms with van der Waals surface area (Å²) < 4.78 is 5.42. The Hall–Kier alpha value is -1.20. The maximum Gasteiger partial charge on any atom is 0.181 e. The third kappa shape index (κ3) is 2.48. The van der Waals surface area contributed by atoms with Crippen LogP contribution in [0.3, 0.4) is 0 Å². The van der Waals surface area contributed by atoms with Gasteiger partial charge < -0.3 is 9.73 Å². The van der Waals surface area contributed by atoms with Gasteiger partial charge in [0.25, 0.3) is 0 Å². The van der Waals surface area contributed by atoms with Crippen LogP contribution in [0.25, 0.3) is 10.6 Å². The molecule has 0 aliphatic carbocycles. The highest BCUT2D eigenvalue weighted by Crippen LogP contribution is 2.28. The second kappa shape index (κ2) is 4.76. The van der Waals surface area contributed by atoms with Crippen molar-refractivity contribution < 1.29 is 4.42 Å². The number of oxazole rings is 1. The van der Waals surface area contributed by atoms with E-state index in [1.54, 1.807) is 11.3 Å². The summed E-state index contributed by atoms with van der Waals surface area (Å²) >= 11 is 1.62. The molecule has 0 aliphatic rings. The van der Waals surface area contributed by atoms with Gasteiger partial charge in [-0.05, 0) is 6.92 Å². The predicted octanol–water partition coefficient (Wildman–Crippen LogP) is 2.60. The molecule has 0 unspecified atom stereocenters. The first-order valence-electron chi connectivity index (χ1n) is 5.25. The number of nitrogens with zero attached hydrogens (tertiary/aromatic N) is 2. The maximum atomic E-state index is 5.42. The fourth-order valence-electron chi connectivity index (χ4n) is 1.36. The first-order valence-corrected chi connectivity index (χ1v) is 6.07. The molecule has 0 amide bonds. The van der Waals surface area contributed by atoms with E-state index in [4.69, 9.17) is 4.42 Å². The maximum absolute atomic E-state index is 5.42. The minimum atomic E-state index is 0.438. The summed E-state index contributed by atoms with van der Waals surface area (Å²) in [6.45, 7) is 6.92. The average Bonchev–Trinajstić information content (AvgIpc) is 2.82. The minimum Gasteiger partial charge on any atom is -0.442 e. The Morgan fingerprint density at radius 1 is 1.44 bits per heavy atom. The zero-order chi connectivity index (χ0) is 11.5. The molecule has 0 spiro atoms. The van der Waals surface area contributed by atoms with Gasteiger partial charge in [-0.15, -0.1) is 11.3 Å². The zero-order valence-electron chi connectivity index (χ0n) is 9.65. The van der Waals surface area contributed by atoms with Gasteiger partial charge >= 0.3 is 0 Å². The van der Waals surface area contributed by atoms with Crippen LogP contribution in [0.5, 0.6) is 0 Å². The Morgan fingerprint density at radius 2 is 2.25 bits per heavy atom. The van der Waals surface area contributed by atoms with Gasteiger partial charge in [-0.3, -0.25) is 0 Å². The summed E-state index contributed by atoms with van der Waals surface area (Å²) in [6.07, 6.45) is 3.32. The summed E-state index contributed by atoms with van der Waals surface area (Å²) in [7, 11) is 0. The summed E-state index contributed by atoms with van der Waals surface area (Å²) in [5, 5.41) is 4.36. The van der Waals surface area contributed by atoms with Crippen LogP contribution in [0.2, 0.25) is 0 Å². The van der Waals surface area contributed by atoms with Crippen molar-refractivity contribution in [1.82, 2.24) is 15.3 Å². The molecular weight excluding hydrogens is 222 g/mol. The van der Waals surface area contributed by atoms with Crippen molar-refractivity contribution in [3.63, 3.8) is 0 Å². The highest BCUT2D eigenvalue weighted by molar-refractivity contribution is 7.15. The standard InChI is InChI=1S/C11H15N3OS/c1-7(2)12-4-9-11(15-6-14-9)10-5-13-8(3)16-10/h5-7,12H,4H2,1-3H3. The Morgan fingerprint density at radius 3 is 2.88 bits per heavy atom. The second-order valence-electron chi connectivity index (χ2n) is 3.91. The molecule has 2 aromatic heterocycles. The van der Waals surface area contributed by atoms with Crippen LogP contribution in [0.15, 0.2) is 17.0 Å². The first kappa shape index (κ1) is 11.3. The third-order valence-electron chi connectivity index (χ3n) is 2.16. The van der Waals surface area contributed by atoms with Crippen LogP contribution >= 0.6 is 11.3 Å². The highest BCUT2D eigenvalue weighted by atomic mass is 32.1. The lowest BCUT2D eigenvalue weighted by Crippen LogP contribution is -2.22. The molecule has 0 saturated heterocycles. The van der Waals surface area contributed by atoms with E-state index in [0.717, 1.165) is 27.9 Å². The van der Waals surface area contributed by atoms with Crippen molar-refractivity contribution in [3.05, 3.63) is 23.3 Å². The van der Waals surface area contributed by atoms with E-state index in [9.17, 15) is 0 Å². The van der Waals surface area contributed by atoms with Crippen molar-refractivity contribution in [1.29, 1.82) is 0 Å². The van der Waals surface area contributed by atoms with Gasteiger partial charge in [-0.2, -0.15) is 0 Å². The predicted molar refractivity (Wildman–Crippen MR) is 64.3 cm³/mol. The largest absolute Gasteiger partial charge is 0.442 e. The summed E-state index contributed by atoms with van der Waals surface area (Å²) in [5.41, 5.74) is 0.942. The molecule has 2 heterocycles. The SMILES string of the molecule is Cc1ncc(-c2ocnc2CNC(C)C)s1. The molecule has 2 aromatic rings. The second-order valence-corrected chi connectivity index (χ2v) is 5.14. The van der Waals surface area contributed by atoms with Gasteiger partial charge in [0.2, 0.25) is 0 Å². The van der Waals surface area contributed by atoms with Gasteiger partial charge in [-0.25, -0.2) is 9.97 Å². The van der Waals surface area contributed by atoms with E-state index in [2.05, 4.69) is 29.1 Å². The molecule has 0 aromatic carbocycles. The average molecular weight is 237 g/mol. The lowest BCUT2D eigenvalue weighted by Gasteiger charge is -2.05. The van der Waals surface area contributed by atoms with Gasteiger partial charge in [0.05, 0.1) is 9.88 Å². The lowest BCUT2D eigenvalue weighted by molar-refractivity contribution is 0.564. The smallest absolute Gasteiger partial charge is 0.181 e. The fraction of sp³-hybridized carbons (Fsp3) is 0.455. The van der Waals surface area contributed by atoms with Gasteiger partial charge in [0.15, 0.2) is 12.2 Å². The molecule has 0 radical (unpaired) electrons. The van der Waals surface area contributed by atoms with Gasteiger partial charge in [-0.1, -0.05) is 13.8 Å². The molecule has 1 N–H and O–H groups in total. The first-order chi connectivity index (χ1) is 7.66. The number of hydrogen-bond acceptors (Lipinski definition) is 5. The van der Waals surface area contributed by atoms with E-state index in [-0.39, 0.29) is 0 Å². The van der Waals surface area contributed by atoms with E-state index >= 15 is 0 Å². The Labute approximate surface area is 98.7 Å². The number of aryl methyl sites for hydroxylation is 1. The summed E-state index contributed by atoms with van der Waals surface area (Å²) in [6, 6.07) is 0.438. The number of rotatable bonds is 4. The lowest BCUT2D eigenvalue weighted by atomic mass is 10.3. The zero-order valence-corrected chi connectivity index (χ0v) is 10.5. The van der Waals surface area contributed by atoms with Crippen LogP contribution < -0.4 is 5.32 Å². The van der Waals surface area contributed by atoms with Crippen LogP contribution in [-0.4, -0.2) is 16.0 Å². The highest BCUT2D eigenvalue weighted by Gasteiger charge is 2.13. The number of nitrogens with one attached hydrogen (secondary N) is 1. The van der Waals surface area contributed by atoms with Crippen molar-refractivity contribution in [3.8, 4) is 10.6 Å². The molecule has 0 bridgehead atoms. The summed E-state index contributed by atoms with van der Waals surface area (Å²) in [5.74, 6) is 0.832. The Bertz CT molecular complexity index is 461. The van der Waals surface area contributed by atoms with E-state index in [0.29, 0.717) is 6.04 Å². The molecule has 0 aliphatic heterocycles. The molecule has 16 heavy (non-hydrogen) atoms. The van der Waals surface area contributed by atoms with Crippen molar-refractivity contribution in [2.24, 2.45) is 0 Å². The van der Waals surface area contributed by atoms with E-state index < -0.39 is 0 Å². The van der Waals surface area contributed by atoms with E-state index in [1.807, 2.05) is 13.1 Å². The topological polar surface area (TPSA) is 51.0 Å². The van der Waals surface area contributed by atoms with E-state index in [1.165, 1.54) is 6.39 Å². The molecule has 2 rings (SSSR count). The van der Waals surface area contributed by atoms with Crippen molar-refractivity contribution in [2.75, 3.05) is 0 Å². The van der Waals surface area contributed by atoms with Crippen LogP contribution in [-0.2, 0) is 6.54 Å². The van der Waals surface area contributed by atoms with Crippen molar-refractivity contribution in [2.45, 2.75) is 33.4 Å². The van der Waals surface area contributed by atoms with Crippen LogP contribution in [0.1, 0.15) is 24.5 Å². The minimum absolute atomic E-state index is 0.438. The molecule has 4 nitrogen and oxygen atoms in total. The molecule has 86 valence electrons. The van der Waals surface area contributed by atoms with Crippen molar-refractivity contribution >= 4 is 11.3 Å². The van der Waals surface area contributed by atoms with Gasteiger partial charge in [0.1, 0.15) is 5.69 Å². The van der Waals surface area contributed by atoms with Crippen LogP contribution in [0, 0.1) is 6.92 Å². The Balaban J connectivity index is 2.19. The molecular formula is C11H15N3OS. The van der Waals surface area contributed by atoms with Gasteiger partial charge in [0, 0.05) is 18.8 Å². The number of aromatic nitrogens is 2.